The van der Waals surface area contributed by atoms with E-state index in [1.165, 1.54) is 0 Å². The van der Waals surface area contributed by atoms with Gasteiger partial charge < -0.3 is 10.3 Å². The molecule has 25 heavy (non-hydrogen) atoms. The number of alkyl halides is 3. The second-order valence-electron chi connectivity index (χ2n) is 5.12. The predicted molar refractivity (Wildman–Crippen MR) is 84.0 cm³/mol. The third-order valence-corrected chi connectivity index (χ3v) is 3.39. The summed E-state index contributed by atoms with van der Waals surface area (Å²) in [7, 11) is 0. The van der Waals surface area contributed by atoms with E-state index in [1.54, 1.807) is 41.5 Å². The average molecular weight is 348 g/mol. The number of aromatic amines is 2. The molecule has 0 radical (unpaired) electrons. The highest BCUT2D eigenvalue weighted by atomic mass is 19.4. The Morgan fingerprint density at radius 1 is 1.12 bits per heavy atom. The minimum atomic E-state index is -4.69. The molecule has 3 N–H and O–H groups in total. The van der Waals surface area contributed by atoms with Crippen LogP contribution < -0.4 is 10.9 Å². The van der Waals surface area contributed by atoms with Gasteiger partial charge in [0.05, 0.1) is 5.69 Å². The number of halogens is 3. The Labute approximate surface area is 138 Å². The molecule has 9 heteroatoms. The zero-order valence-corrected chi connectivity index (χ0v) is 12.5. The van der Waals surface area contributed by atoms with Gasteiger partial charge in [-0.1, -0.05) is 12.1 Å². The van der Waals surface area contributed by atoms with Gasteiger partial charge >= 0.3 is 6.18 Å². The standard InChI is InChI=1S/C16H11F3N4O2/c17-16(18,19)13-5-4-11(15(25)22-13)14(24)21-10-3-1-2-9(8-10)12-6-7-20-23-12/h1-8H,(H,20,23)(H,21,24)(H,22,25). The quantitative estimate of drug-likeness (QED) is 0.679. The number of pyridine rings is 1. The van der Waals surface area contributed by atoms with Crippen molar-refractivity contribution in [3.8, 4) is 11.3 Å². The van der Waals surface area contributed by atoms with Crippen molar-refractivity contribution in [3.05, 3.63) is 70.3 Å². The Morgan fingerprint density at radius 2 is 1.92 bits per heavy atom. The van der Waals surface area contributed by atoms with Crippen LogP contribution >= 0.6 is 0 Å². The number of nitrogens with zero attached hydrogens (tertiary/aromatic N) is 1. The third kappa shape index (κ3) is 3.60. The van der Waals surface area contributed by atoms with E-state index in [2.05, 4.69) is 15.5 Å². The molecule has 3 aromatic rings. The molecule has 0 atom stereocenters. The van der Waals surface area contributed by atoms with E-state index in [9.17, 15) is 22.8 Å². The molecule has 0 bridgehead atoms. The summed E-state index contributed by atoms with van der Waals surface area (Å²) in [5.74, 6) is -0.809. The normalized spacial score (nSPS) is 11.3. The average Bonchev–Trinajstić information content (AvgIpc) is 3.08. The molecule has 1 aromatic carbocycles. The number of amides is 1. The maximum Gasteiger partial charge on any atom is 0.431 e. The Bertz CT molecular complexity index is 962. The number of carbonyl (C=O) groups is 1. The van der Waals surface area contributed by atoms with Crippen LogP contribution in [0.2, 0.25) is 0 Å². The number of H-pyrrole nitrogens is 2. The first-order valence-electron chi connectivity index (χ1n) is 7.06. The van der Waals surface area contributed by atoms with Crippen LogP contribution in [0.25, 0.3) is 11.3 Å². The molecule has 2 aromatic heterocycles. The first-order valence-corrected chi connectivity index (χ1v) is 7.06. The van der Waals surface area contributed by atoms with Gasteiger partial charge in [-0.05, 0) is 30.3 Å². The summed E-state index contributed by atoms with van der Waals surface area (Å²) < 4.78 is 37.6. The summed E-state index contributed by atoms with van der Waals surface area (Å²) in [6.07, 6.45) is -3.12. The first kappa shape index (κ1) is 16.5. The van der Waals surface area contributed by atoms with Gasteiger partial charge in [0.25, 0.3) is 11.5 Å². The van der Waals surface area contributed by atoms with Crippen LogP contribution in [0.4, 0.5) is 18.9 Å². The molecule has 128 valence electrons. The number of anilines is 1. The van der Waals surface area contributed by atoms with Gasteiger partial charge in [0.1, 0.15) is 11.3 Å². The largest absolute Gasteiger partial charge is 0.431 e. The third-order valence-electron chi connectivity index (χ3n) is 3.39. The van der Waals surface area contributed by atoms with Crippen LogP contribution in [0.15, 0.2) is 53.5 Å². The van der Waals surface area contributed by atoms with Gasteiger partial charge in [0.15, 0.2) is 0 Å². The summed E-state index contributed by atoms with van der Waals surface area (Å²) in [6.45, 7) is 0. The molecule has 0 saturated heterocycles. The molecular formula is C16H11F3N4O2. The molecule has 0 aliphatic carbocycles. The lowest BCUT2D eigenvalue weighted by Crippen LogP contribution is -2.25. The van der Waals surface area contributed by atoms with Crippen molar-refractivity contribution in [3.63, 3.8) is 0 Å². The molecule has 0 saturated carbocycles. The number of benzene rings is 1. The van der Waals surface area contributed by atoms with Crippen molar-refractivity contribution in [2.75, 3.05) is 5.32 Å². The second-order valence-corrected chi connectivity index (χ2v) is 5.12. The Kier molecular flexibility index (Phi) is 4.14. The fourth-order valence-corrected chi connectivity index (χ4v) is 2.20. The number of carbonyl (C=O) groups excluding carboxylic acids is 1. The van der Waals surface area contributed by atoms with Crippen molar-refractivity contribution in [2.24, 2.45) is 0 Å². The highest BCUT2D eigenvalue weighted by Gasteiger charge is 2.32. The SMILES string of the molecule is O=C(Nc1cccc(-c2ccn[nH]2)c1)c1ccc(C(F)(F)F)[nH]c1=O. The van der Waals surface area contributed by atoms with Crippen LogP contribution in [0.1, 0.15) is 16.1 Å². The lowest BCUT2D eigenvalue weighted by molar-refractivity contribution is -0.141. The molecule has 2 heterocycles. The minimum absolute atomic E-state index is 0.386. The van der Waals surface area contributed by atoms with Crippen molar-refractivity contribution >= 4 is 11.6 Å². The zero-order chi connectivity index (χ0) is 18.0. The smallest absolute Gasteiger partial charge is 0.322 e. The summed E-state index contributed by atoms with van der Waals surface area (Å²) in [5, 5.41) is 9.08. The first-order chi connectivity index (χ1) is 11.8. The Balaban J connectivity index is 1.84. The van der Waals surface area contributed by atoms with Crippen molar-refractivity contribution < 1.29 is 18.0 Å². The van der Waals surface area contributed by atoms with E-state index in [4.69, 9.17) is 0 Å². The van der Waals surface area contributed by atoms with Gasteiger partial charge in [-0.25, -0.2) is 0 Å². The summed E-state index contributed by atoms with van der Waals surface area (Å²) in [6, 6.07) is 9.94. The van der Waals surface area contributed by atoms with Crippen molar-refractivity contribution in [1.82, 2.24) is 15.2 Å². The van der Waals surface area contributed by atoms with Crippen molar-refractivity contribution in [2.45, 2.75) is 6.18 Å². The van der Waals surface area contributed by atoms with E-state index in [-0.39, 0.29) is 0 Å². The molecule has 0 aliphatic heterocycles. The minimum Gasteiger partial charge on any atom is -0.322 e. The maximum absolute atomic E-state index is 12.5. The van der Waals surface area contributed by atoms with E-state index < -0.39 is 28.9 Å². The lowest BCUT2D eigenvalue weighted by Gasteiger charge is -2.09. The van der Waals surface area contributed by atoms with Gasteiger partial charge in [0.2, 0.25) is 0 Å². The van der Waals surface area contributed by atoms with Crippen LogP contribution in [-0.2, 0) is 6.18 Å². The molecule has 0 unspecified atom stereocenters. The van der Waals surface area contributed by atoms with E-state index in [1.807, 2.05) is 0 Å². The molecule has 0 spiro atoms. The number of nitrogens with one attached hydrogen (secondary N) is 3. The van der Waals surface area contributed by atoms with E-state index >= 15 is 0 Å². The Morgan fingerprint density at radius 3 is 2.56 bits per heavy atom. The highest BCUT2D eigenvalue weighted by molar-refractivity contribution is 6.04. The Hall–Kier alpha value is -3.36. The lowest BCUT2D eigenvalue weighted by atomic mass is 10.1. The van der Waals surface area contributed by atoms with Gasteiger partial charge in [-0.15, -0.1) is 0 Å². The maximum atomic E-state index is 12.5. The van der Waals surface area contributed by atoms with E-state index in [0.29, 0.717) is 11.8 Å². The second kappa shape index (κ2) is 6.27. The zero-order valence-electron chi connectivity index (χ0n) is 12.5. The van der Waals surface area contributed by atoms with Gasteiger partial charge in [-0.3, -0.25) is 14.7 Å². The molecule has 1 amide bonds. The molecular weight excluding hydrogens is 337 g/mol. The summed E-state index contributed by atoms with van der Waals surface area (Å²) in [5.41, 5.74) is -0.885. The molecule has 0 aliphatic rings. The van der Waals surface area contributed by atoms with Crippen LogP contribution in [0.3, 0.4) is 0 Å². The van der Waals surface area contributed by atoms with Crippen LogP contribution in [-0.4, -0.2) is 21.1 Å². The predicted octanol–water partition coefficient (Wildman–Crippen LogP) is 3.04. The van der Waals surface area contributed by atoms with Crippen LogP contribution in [0, 0.1) is 0 Å². The number of hydrogen-bond acceptors (Lipinski definition) is 3. The number of rotatable bonds is 3. The monoisotopic (exact) mass is 348 g/mol. The number of hydrogen-bond donors (Lipinski definition) is 3. The topological polar surface area (TPSA) is 90.6 Å². The highest BCUT2D eigenvalue weighted by Crippen LogP contribution is 2.26. The fourth-order valence-electron chi connectivity index (χ4n) is 2.20. The summed E-state index contributed by atoms with van der Waals surface area (Å²) >= 11 is 0. The van der Waals surface area contributed by atoms with Crippen molar-refractivity contribution in [1.29, 1.82) is 0 Å². The van der Waals surface area contributed by atoms with Gasteiger partial charge in [-0.2, -0.15) is 18.3 Å². The fraction of sp³-hybridized carbons (Fsp3) is 0.0625. The summed E-state index contributed by atoms with van der Waals surface area (Å²) in [4.78, 5) is 25.6. The molecule has 0 fully saturated rings. The van der Waals surface area contributed by atoms with Crippen LogP contribution in [0.5, 0.6) is 0 Å². The van der Waals surface area contributed by atoms with E-state index in [0.717, 1.165) is 17.3 Å². The molecule has 3 rings (SSSR count). The molecule has 6 nitrogen and oxygen atoms in total. The van der Waals surface area contributed by atoms with Gasteiger partial charge in [0, 0.05) is 17.4 Å². The number of aromatic nitrogens is 3.